The highest BCUT2D eigenvalue weighted by Crippen LogP contribution is 2.52. The summed E-state index contributed by atoms with van der Waals surface area (Å²) >= 11 is 0. The molecule has 0 fully saturated rings. The van der Waals surface area contributed by atoms with E-state index in [1.165, 1.54) is 30.3 Å². The summed E-state index contributed by atoms with van der Waals surface area (Å²) in [7, 11) is 0. The van der Waals surface area contributed by atoms with Gasteiger partial charge in [0.2, 0.25) is 0 Å². The second-order valence-corrected chi connectivity index (χ2v) is 4.99. The molecule has 0 unspecified atom stereocenters. The lowest BCUT2D eigenvalue weighted by Gasteiger charge is -2.34. The highest BCUT2D eigenvalue weighted by atomic mass is 19.4. The van der Waals surface area contributed by atoms with E-state index in [9.17, 15) is 36.2 Å². The maximum Gasteiger partial charge on any atom is 0.430 e. The summed E-state index contributed by atoms with van der Waals surface area (Å²) in [6, 6.07) is 9.39. The van der Waals surface area contributed by atoms with Gasteiger partial charge in [0.1, 0.15) is 6.29 Å². The minimum atomic E-state index is -6.03. The van der Waals surface area contributed by atoms with E-state index in [-0.39, 0.29) is 11.8 Å². The molecule has 2 rings (SSSR count). The third-order valence-corrected chi connectivity index (χ3v) is 3.47. The molecule has 0 heterocycles. The van der Waals surface area contributed by atoms with E-state index >= 15 is 0 Å². The summed E-state index contributed by atoms with van der Waals surface area (Å²) in [5.41, 5.74) is -7.41. The van der Waals surface area contributed by atoms with Crippen molar-refractivity contribution in [1.82, 2.24) is 0 Å². The molecule has 0 atom stereocenters. The average molecular weight is 348 g/mol. The lowest BCUT2D eigenvalue weighted by atomic mass is 9.84. The first-order chi connectivity index (χ1) is 11.0. The van der Waals surface area contributed by atoms with Crippen LogP contribution in [-0.2, 0) is 5.60 Å². The van der Waals surface area contributed by atoms with E-state index < -0.39 is 34.6 Å². The highest BCUT2D eigenvalue weighted by molar-refractivity contribution is 5.79. The van der Waals surface area contributed by atoms with Crippen molar-refractivity contribution in [2.75, 3.05) is 0 Å². The van der Waals surface area contributed by atoms with Gasteiger partial charge in [-0.3, -0.25) is 4.79 Å². The Kier molecular flexibility index (Phi) is 4.45. The molecule has 0 saturated carbocycles. The Hall–Kier alpha value is -2.35. The maximum atomic E-state index is 13.2. The summed E-state index contributed by atoms with van der Waals surface area (Å²) in [5, 5.41) is 9.65. The van der Waals surface area contributed by atoms with Crippen LogP contribution < -0.4 is 0 Å². The third-order valence-electron chi connectivity index (χ3n) is 3.47. The quantitative estimate of drug-likeness (QED) is 0.656. The third kappa shape index (κ3) is 2.89. The van der Waals surface area contributed by atoms with Gasteiger partial charge in [0.05, 0.1) is 0 Å². The van der Waals surface area contributed by atoms with Gasteiger partial charge in [-0.25, -0.2) is 0 Å². The van der Waals surface area contributed by atoms with Crippen LogP contribution in [0, 0.1) is 0 Å². The second kappa shape index (κ2) is 5.94. The topological polar surface area (TPSA) is 37.3 Å². The number of carbonyl (C=O) groups is 1. The van der Waals surface area contributed by atoms with Gasteiger partial charge in [-0.15, -0.1) is 0 Å². The number of halogens is 6. The zero-order chi connectivity index (χ0) is 18.2. The number of benzene rings is 2. The lowest BCUT2D eigenvalue weighted by molar-refractivity contribution is -0.376. The monoisotopic (exact) mass is 348 g/mol. The Morgan fingerprint density at radius 1 is 0.833 bits per heavy atom. The Morgan fingerprint density at radius 3 is 1.83 bits per heavy atom. The molecule has 0 aromatic heterocycles. The number of aliphatic hydroxyl groups is 1. The van der Waals surface area contributed by atoms with Crippen LogP contribution in [0.15, 0.2) is 48.5 Å². The lowest BCUT2D eigenvalue weighted by Crippen LogP contribution is -2.54. The van der Waals surface area contributed by atoms with Crippen molar-refractivity contribution in [3.63, 3.8) is 0 Å². The van der Waals surface area contributed by atoms with Crippen molar-refractivity contribution >= 4 is 6.29 Å². The fourth-order valence-corrected chi connectivity index (χ4v) is 2.27. The normalized spacial score (nSPS) is 13.0. The summed E-state index contributed by atoms with van der Waals surface area (Å²) in [4.78, 5) is 10.8. The predicted molar refractivity (Wildman–Crippen MR) is 73.3 cm³/mol. The first-order valence-corrected chi connectivity index (χ1v) is 6.53. The number of aldehydes is 1. The van der Waals surface area contributed by atoms with Gasteiger partial charge in [0.25, 0.3) is 5.60 Å². The summed E-state index contributed by atoms with van der Waals surface area (Å²) in [5.74, 6) is 0. The highest BCUT2D eigenvalue weighted by Gasteiger charge is 2.72. The zero-order valence-corrected chi connectivity index (χ0v) is 11.8. The Morgan fingerprint density at radius 2 is 1.38 bits per heavy atom. The molecule has 0 aliphatic rings. The predicted octanol–water partition coefficient (Wildman–Crippen LogP) is 4.48. The van der Waals surface area contributed by atoms with Crippen LogP contribution in [0.1, 0.15) is 15.9 Å². The molecule has 1 N–H and O–H groups in total. The van der Waals surface area contributed by atoms with E-state index in [0.29, 0.717) is 6.07 Å². The van der Waals surface area contributed by atoms with E-state index in [4.69, 9.17) is 0 Å². The summed E-state index contributed by atoms with van der Waals surface area (Å²) in [6.45, 7) is 0. The molecule has 0 saturated heterocycles. The fourth-order valence-electron chi connectivity index (χ4n) is 2.27. The van der Waals surface area contributed by atoms with Crippen molar-refractivity contribution in [1.29, 1.82) is 0 Å². The SMILES string of the molecule is O=Cc1ccc(-c2ccccc2)c(C(O)(C(F)(F)F)C(F)(F)F)c1. The molecule has 0 aliphatic carbocycles. The van der Waals surface area contributed by atoms with Gasteiger partial charge in [-0.2, -0.15) is 26.3 Å². The minimum absolute atomic E-state index is 0.0388. The molecule has 24 heavy (non-hydrogen) atoms. The molecule has 0 aliphatic heterocycles. The van der Waals surface area contributed by atoms with Gasteiger partial charge >= 0.3 is 12.4 Å². The van der Waals surface area contributed by atoms with Gasteiger partial charge < -0.3 is 5.11 Å². The molecule has 0 bridgehead atoms. The van der Waals surface area contributed by atoms with E-state index in [1.54, 1.807) is 0 Å². The van der Waals surface area contributed by atoms with Crippen LogP contribution in [0.4, 0.5) is 26.3 Å². The standard InChI is InChI=1S/C16H10F6O2/c17-15(18,19)14(24,16(20,21)22)13-8-10(9-23)6-7-12(13)11-4-2-1-3-5-11/h1-9,24H. The summed E-state index contributed by atoms with van der Waals surface area (Å²) < 4.78 is 79.0. The van der Waals surface area contributed by atoms with Crippen LogP contribution in [0.25, 0.3) is 11.1 Å². The van der Waals surface area contributed by atoms with Crippen LogP contribution >= 0.6 is 0 Å². The minimum Gasteiger partial charge on any atom is -0.369 e. The molecule has 0 amide bonds. The Balaban J connectivity index is 2.86. The van der Waals surface area contributed by atoms with Crippen molar-refractivity contribution in [2.24, 2.45) is 0 Å². The number of alkyl halides is 6. The van der Waals surface area contributed by atoms with Gasteiger partial charge in [-0.05, 0) is 17.2 Å². The molecule has 8 heteroatoms. The van der Waals surface area contributed by atoms with Crippen molar-refractivity contribution in [3.8, 4) is 11.1 Å². The van der Waals surface area contributed by atoms with E-state index in [0.717, 1.165) is 12.1 Å². The molecule has 0 spiro atoms. The first-order valence-electron chi connectivity index (χ1n) is 6.53. The van der Waals surface area contributed by atoms with Gasteiger partial charge in [-0.1, -0.05) is 42.5 Å². The molecular formula is C16H10F6O2. The smallest absolute Gasteiger partial charge is 0.369 e. The van der Waals surface area contributed by atoms with Crippen LogP contribution in [0.2, 0.25) is 0 Å². The number of carbonyl (C=O) groups excluding carboxylic acids is 1. The van der Waals surface area contributed by atoms with Crippen molar-refractivity contribution in [2.45, 2.75) is 18.0 Å². The number of hydrogen-bond acceptors (Lipinski definition) is 2. The van der Waals surface area contributed by atoms with Crippen molar-refractivity contribution in [3.05, 3.63) is 59.7 Å². The molecule has 2 nitrogen and oxygen atoms in total. The van der Waals surface area contributed by atoms with Crippen LogP contribution in [0.5, 0.6) is 0 Å². The van der Waals surface area contributed by atoms with Gasteiger partial charge in [0, 0.05) is 11.1 Å². The van der Waals surface area contributed by atoms with E-state index in [2.05, 4.69) is 0 Å². The van der Waals surface area contributed by atoms with Crippen LogP contribution in [-0.4, -0.2) is 23.7 Å². The van der Waals surface area contributed by atoms with Crippen LogP contribution in [0.3, 0.4) is 0 Å². The average Bonchev–Trinajstić information content (AvgIpc) is 2.52. The fraction of sp³-hybridized carbons (Fsp3) is 0.188. The molecular weight excluding hydrogens is 338 g/mol. The summed E-state index contributed by atoms with van der Waals surface area (Å²) in [6.07, 6.45) is -12.0. The Labute approximate surface area is 132 Å². The zero-order valence-electron chi connectivity index (χ0n) is 11.8. The maximum absolute atomic E-state index is 13.2. The largest absolute Gasteiger partial charge is 0.430 e. The first kappa shape index (κ1) is 18.0. The second-order valence-electron chi connectivity index (χ2n) is 4.99. The molecule has 2 aromatic rings. The number of rotatable bonds is 3. The Bertz CT molecular complexity index is 720. The van der Waals surface area contributed by atoms with Crippen molar-refractivity contribution < 1.29 is 36.2 Å². The van der Waals surface area contributed by atoms with Gasteiger partial charge in [0.15, 0.2) is 0 Å². The molecule has 0 radical (unpaired) electrons. The number of hydrogen-bond donors (Lipinski definition) is 1. The van der Waals surface area contributed by atoms with E-state index in [1.807, 2.05) is 0 Å². The molecule has 2 aromatic carbocycles. The molecule has 128 valence electrons.